The number of furan rings is 1. The molecule has 0 saturated carbocycles. The lowest BCUT2D eigenvalue weighted by Crippen LogP contribution is -2.31. The summed E-state index contributed by atoms with van der Waals surface area (Å²) in [6.45, 7) is 1.64. The van der Waals surface area contributed by atoms with Crippen LogP contribution >= 0.6 is 0 Å². The van der Waals surface area contributed by atoms with Crippen molar-refractivity contribution in [2.75, 3.05) is 12.4 Å². The molecule has 9 heteroatoms. The van der Waals surface area contributed by atoms with E-state index in [4.69, 9.17) is 13.9 Å². The summed E-state index contributed by atoms with van der Waals surface area (Å²) < 4.78 is 17.9. The summed E-state index contributed by atoms with van der Waals surface area (Å²) in [4.78, 5) is 37.8. The second kappa shape index (κ2) is 9.98. The van der Waals surface area contributed by atoms with Gasteiger partial charge >= 0.3 is 5.97 Å². The van der Waals surface area contributed by atoms with E-state index < -0.39 is 18.0 Å². The van der Waals surface area contributed by atoms with E-state index in [-0.39, 0.29) is 17.8 Å². The van der Waals surface area contributed by atoms with Crippen molar-refractivity contribution in [3.05, 3.63) is 100 Å². The Bertz CT molecular complexity index is 1670. The molecule has 5 aromatic rings. The molecule has 3 aromatic carbocycles. The number of aromatic nitrogens is 2. The Morgan fingerprint density at radius 1 is 0.973 bits per heavy atom. The lowest BCUT2D eigenvalue weighted by atomic mass is 10.1. The van der Waals surface area contributed by atoms with Crippen molar-refractivity contribution in [2.45, 2.75) is 19.6 Å². The molecular formula is C28H23N3O6. The topological polar surface area (TPSA) is 113 Å². The zero-order chi connectivity index (χ0) is 25.9. The van der Waals surface area contributed by atoms with Gasteiger partial charge in [-0.3, -0.25) is 9.59 Å². The minimum absolute atomic E-state index is 0.0866. The number of ether oxygens (including phenoxy) is 2. The van der Waals surface area contributed by atoms with E-state index >= 15 is 0 Å². The van der Waals surface area contributed by atoms with Gasteiger partial charge in [0.15, 0.2) is 11.8 Å². The van der Waals surface area contributed by atoms with E-state index in [1.54, 1.807) is 12.1 Å². The van der Waals surface area contributed by atoms with Gasteiger partial charge in [-0.05, 0) is 30.7 Å². The van der Waals surface area contributed by atoms with Crippen LogP contribution in [0, 0.1) is 0 Å². The van der Waals surface area contributed by atoms with E-state index in [1.807, 2.05) is 54.6 Å². The molecule has 1 unspecified atom stereocenters. The number of nitrogens with one attached hydrogen (secondary N) is 1. The summed E-state index contributed by atoms with van der Waals surface area (Å²) in [5, 5.41) is 8.62. The fourth-order valence-corrected chi connectivity index (χ4v) is 3.95. The highest BCUT2D eigenvalue weighted by Gasteiger charge is 2.22. The third kappa shape index (κ3) is 4.92. The molecule has 1 amide bonds. The first-order valence-electron chi connectivity index (χ1n) is 11.6. The molecule has 0 spiro atoms. The normalized spacial score (nSPS) is 11.8. The van der Waals surface area contributed by atoms with Gasteiger partial charge in [0.2, 0.25) is 0 Å². The molecule has 186 valence electrons. The molecule has 0 bridgehead atoms. The number of carbonyl (C=O) groups is 2. The summed E-state index contributed by atoms with van der Waals surface area (Å²) in [6.07, 6.45) is -1.15. The predicted molar refractivity (Wildman–Crippen MR) is 138 cm³/mol. The number of amides is 1. The lowest BCUT2D eigenvalue weighted by Gasteiger charge is -2.15. The van der Waals surface area contributed by atoms with Crippen LogP contribution in [0.5, 0.6) is 5.75 Å². The molecule has 37 heavy (non-hydrogen) atoms. The minimum atomic E-state index is -1.15. The van der Waals surface area contributed by atoms with Gasteiger partial charge in [-0.1, -0.05) is 48.5 Å². The molecule has 0 radical (unpaired) electrons. The molecule has 0 saturated heterocycles. The fourth-order valence-electron chi connectivity index (χ4n) is 3.95. The Labute approximate surface area is 211 Å². The van der Waals surface area contributed by atoms with Gasteiger partial charge in [0.1, 0.15) is 16.9 Å². The number of nitrogens with zero attached hydrogens (tertiary/aromatic N) is 2. The summed E-state index contributed by atoms with van der Waals surface area (Å²) in [6, 6.07) is 22.8. The van der Waals surface area contributed by atoms with Gasteiger partial charge in [-0.25, -0.2) is 9.48 Å². The van der Waals surface area contributed by atoms with E-state index in [1.165, 1.54) is 30.8 Å². The van der Waals surface area contributed by atoms with Crippen LogP contribution in [0.15, 0.2) is 88.1 Å². The molecule has 1 N–H and O–H groups in total. The molecule has 0 aliphatic carbocycles. The van der Waals surface area contributed by atoms with Crippen LogP contribution in [-0.2, 0) is 16.1 Å². The molecular weight excluding hydrogens is 474 g/mol. The number of benzene rings is 3. The lowest BCUT2D eigenvalue weighted by molar-refractivity contribution is -0.123. The smallest absolute Gasteiger partial charge is 0.359 e. The van der Waals surface area contributed by atoms with Crippen LogP contribution in [0.4, 0.5) is 5.69 Å². The van der Waals surface area contributed by atoms with Gasteiger partial charge in [-0.15, -0.1) is 0 Å². The summed E-state index contributed by atoms with van der Waals surface area (Å²) in [7, 11) is 1.50. The van der Waals surface area contributed by atoms with Crippen LogP contribution in [0.2, 0.25) is 0 Å². The van der Waals surface area contributed by atoms with Crippen molar-refractivity contribution in [3.8, 4) is 5.75 Å². The summed E-state index contributed by atoms with van der Waals surface area (Å²) >= 11 is 0. The number of esters is 1. The van der Waals surface area contributed by atoms with Gasteiger partial charge < -0.3 is 19.2 Å². The molecule has 0 fully saturated rings. The van der Waals surface area contributed by atoms with E-state index in [2.05, 4.69) is 10.4 Å². The molecule has 0 aliphatic heterocycles. The monoisotopic (exact) mass is 497 g/mol. The van der Waals surface area contributed by atoms with Crippen molar-refractivity contribution in [1.82, 2.24) is 9.78 Å². The fraction of sp³-hybridized carbons (Fsp3) is 0.143. The zero-order valence-electron chi connectivity index (χ0n) is 20.1. The first-order valence-corrected chi connectivity index (χ1v) is 11.6. The molecule has 2 aromatic heterocycles. The number of anilines is 1. The van der Waals surface area contributed by atoms with Gasteiger partial charge in [0.05, 0.1) is 19.3 Å². The second-order valence-corrected chi connectivity index (χ2v) is 8.38. The van der Waals surface area contributed by atoms with E-state index in [0.717, 1.165) is 16.3 Å². The summed E-state index contributed by atoms with van der Waals surface area (Å²) in [5.41, 5.74) is 2.07. The van der Waals surface area contributed by atoms with E-state index in [0.29, 0.717) is 22.6 Å². The Morgan fingerprint density at radius 2 is 1.73 bits per heavy atom. The first-order chi connectivity index (χ1) is 17.9. The van der Waals surface area contributed by atoms with Crippen molar-refractivity contribution in [3.63, 3.8) is 0 Å². The van der Waals surface area contributed by atoms with Crippen LogP contribution in [0.3, 0.4) is 0 Å². The Kier molecular flexibility index (Phi) is 6.42. The van der Waals surface area contributed by atoms with Crippen LogP contribution in [0.25, 0.3) is 21.9 Å². The number of para-hydroxylation sites is 1. The Morgan fingerprint density at radius 3 is 2.51 bits per heavy atom. The molecule has 5 rings (SSSR count). The number of rotatable bonds is 7. The van der Waals surface area contributed by atoms with Crippen LogP contribution in [-0.4, -0.2) is 34.9 Å². The maximum Gasteiger partial charge on any atom is 0.359 e. The second-order valence-electron chi connectivity index (χ2n) is 8.38. The maximum atomic E-state index is 12.9. The quantitative estimate of drug-likeness (QED) is 0.332. The van der Waals surface area contributed by atoms with Gasteiger partial charge in [-0.2, -0.15) is 5.10 Å². The highest BCUT2D eigenvalue weighted by atomic mass is 16.5. The molecule has 1 atom stereocenters. The number of hydrogen-bond donors (Lipinski definition) is 1. The van der Waals surface area contributed by atoms with Crippen molar-refractivity contribution < 1.29 is 23.5 Å². The third-order valence-electron chi connectivity index (χ3n) is 5.86. The number of fused-ring (bicyclic) bond motifs is 3. The molecule has 0 aliphatic rings. The predicted octanol–water partition coefficient (Wildman–Crippen LogP) is 4.38. The largest absolute Gasteiger partial charge is 0.495 e. The maximum absolute atomic E-state index is 12.9. The average Bonchev–Trinajstić information content (AvgIpc) is 3.27. The molecule has 9 nitrogen and oxygen atoms in total. The molecule has 2 heterocycles. The third-order valence-corrected chi connectivity index (χ3v) is 5.86. The highest BCUT2D eigenvalue weighted by Crippen LogP contribution is 2.36. The standard InChI is InChI=1S/C28H23N3O6/c1-17(36-28(34)21-12-13-26(32)31(30-21)16-18-8-4-3-5-9-18)27(33)29-22-15-24-20(14-25(22)35-2)19-10-6-7-11-23(19)37-24/h3-15,17H,16H2,1-2H3,(H,29,33). The summed E-state index contributed by atoms with van der Waals surface area (Å²) in [5.74, 6) is -0.968. The number of carbonyl (C=O) groups excluding carboxylic acids is 2. The zero-order valence-corrected chi connectivity index (χ0v) is 20.1. The highest BCUT2D eigenvalue weighted by molar-refractivity contribution is 6.08. The van der Waals surface area contributed by atoms with E-state index in [9.17, 15) is 14.4 Å². The van der Waals surface area contributed by atoms with Crippen molar-refractivity contribution >= 4 is 39.5 Å². The minimum Gasteiger partial charge on any atom is -0.495 e. The van der Waals surface area contributed by atoms with Crippen molar-refractivity contribution in [1.29, 1.82) is 0 Å². The number of hydrogen-bond acceptors (Lipinski definition) is 7. The van der Waals surface area contributed by atoms with Gasteiger partial charge in [0, 0.05) is 22.9 Å². The first kappa shape index (κ1) is 23.8. The van der Waals surface area contributed by atoms with Crippen LogP contribution in [0.1, 0.15) is 23.0 Å². The Balaban J connectivity index is 1.31. The Hall–Kier alpha value is -4.92. The average molecular weight is 498 g/mol. The van der Waals surface area contributed by atoms with Crippen LogP contribution < -0.4 is 15.6 Å². The van der Waals surface area contributed by atoms with Crippen molar-refractivity contribution in [2.24, 2.45) is 0 Å². The SMILES string of the molecule is COc1cc2c(cc1NC(=O)C(C)OC(=O)c1ccc(=O)n(Cc3ccccc3)n1)oc1ccccc12. The number of methoxy groups -OCH3 is 1. The van der Waals surface area contributed by atoms with Gasteiger partial charge in [0.25, 0.3) is 11.5 Å².